The van der Waals surface area contributed by atoms with E-state index in [4.69, 9.17) is 21.6 Å². The fourth-order valence-corrected chi connectivity index (χ4v) is 3.93. The van der Waals surface area contributed by atoms with Crippen molar-refractivity contribution in [3.05, 3.63) is 28.8 Å². The number of anilines is 1. The predicted octanol–water partition coefficient (Wildman–Crippen LogP) is 2.87. The molecule has 0 spiro atoms. The van der Waals surface area contributed by atoms with E-state index in [1.807, 2.05) is 6.07 Å². The van der Waals surface area contributed by atoms with Crippen LogP contribution in [-0.2, 0) is 19.1 Å². The molecule has 1 aromatic rings. The largest absolute Gasteiger partial charge is 0.452 e. The lowest BCUT2D eigenvalue weighted by Crippen LogP contribution is -2.36. The summed E-state index contributed by atoms with van der Waals surface area (Å²) in [6.45, 7) is 1.84. The normalized spacial score (nSPS) is 20.7. The van der Waals surface area contributed by atoms with E-state index in [-0.39, 0.29) is 23.4 Å². The molecule has 2 fully saturated rings. The number of carbonyl (C=O) groups excluding carboxylic acids is 3. The van der Waals surface area contributed by atoms with Crippen molar-refractivity contribution in [3.8, 4) is 6.07 Å². The second-order valence-corrected chi connectivity index (χ2v) is 7.67. The van der Waals surface area contributed by atoms with Crippen molar-refractivity contribution in [2.45, 2.75) is 51.2 Å². The van der Waals surface area contributed by atoms with Gasteiger partial charge in [0.1, 0.15) is 6.07 Å². The molecule has 0 aromatic heterocycles. The lowest BCUT2D eigenvalue weighted by atomic mass is 10.1. The van der Waals surface area contributed by atoms with Crippen LogP contribution < -0.4 is 5.32 Å². The molecule has 1 saturated heterocycles. The van der Waals surface area contributed by atoms with Crippen molar-refractivity contribution in [3.63, 3.8) is 0 Å². The molecule has 1 aliphatic heterocycles. The van der Waals surface area contributed by atoms with E-state index in [0.717, 1.165) is 25.7 Å². The highest BCUT2D eigenvalue weighted by atomic mass is 35.5. The molecular weight excluding hydrogens is 382 g/mol. The van der Waals surface area contributed by atoms with Crippen molar-refractivity contribution in [1.29, 1.82) is 5.26 Å². The molecule has 2 atom stereocenters. The highest BCUT2D eigenvalue weighted by molar-refractivity contribution is 6.32. The minimum Gasteiger partial charge on any atom is -0.452 e. The molecule has 148 valence electrons. The summed E-state index contributed by atoms with van der Waals surface area (Å²) < 4.78 is 5.29. The average molecular weight is 404 g/mol. The monoisotopic (exact) mass is 403 g/mol. The Kier molecular flexibility index (Phi) is 6.20. The number of rotatable bonds is 5. The molecule has 28 heavy (non-hydrogen) atoms. The molecule has 0 radical (unpaired) electrons. The first kappa shape index (κ1) is 20.2. The van der Waals surface area contributed by atoms with Gasteiger partial charge in [-0.3, -0.25) is 14.4 Å². The SMILES string of the molecule is C[C@@H](OC(=O)[C@H]1CC(=O)N(C2CCCC2)C1)C(=O)Nc1ccc(C#N)c(Cl)c1. The Bertz CT molecular complexity index is 829. The number of nitrogens with zero attached hydrogens (tertiary/aromatic N) is 2. The minimum absolute atomic E-state index is 0.0156. The molecule has 0 unspecified atom stereocenters. The first-order valence-corrected chi connectivity index (χ1v) is 9.77. The van der Waals surface area contributed by atoms with Gasteiger partial charge in [0.25, 0.3) is 5.91 Å². The molecule has 1 heterocycles. The summed E-state index contributed by atoms with van der Waals surface area (Å²) in [7, 11) is 0. The number of amides is 2. The van der Waals surface area contributed by atoms with Gasteiger partial charge in [-0.15, -0.1) is 0 Å². The fraction of sp³-hybridized carbons (Fsp3) is 0.500. The fourth-order valence-electron chi connectivity index (χ4n) is 3.71. The van der Waals surface area contributed by atoms with Gasteiger partial charge in [-0.25, -0.2) is 0 Å². The van der Waals surface area contributed by atoms with Crippen LogP contribution in [0.5, 0.6) is 0 Å². The number of nitriles is 1. The molecule has 0 bridgehead atoms. The third kappa shape index (κ3) is 4.45. The van der Waals surface area contributed by atoms with Crippen molar-refractivity contribution in [2.24, 2.45) is 5.92 Å². The molecular formula is C20H22ClN3O4. The van der Waals surface area contributed by atoms with Gasteiger partial charge in [0.15, 0.2) is 6.10 Å². The first-order valence-electron chi connectivity index (χ1n) is 9.39. The van der Waals surface area contributed by atoms with E-state index >= 15 is 0 Å². The summed E-state index contributed by atoms with van der Waals surface area (Å²) in [6.07, 6.45) is 3.31. The zero-order chi connectivity index (χ0) is 20.3. The number of likely N-dealkylation sites (tertiary alicyclic amines) is 1. The third-order valence-corrected chi connectivity index (χ3v) is 5.59. The first-order chi connectivity index (χ1) is 13.4. The van der Waals surface area contributed by atoms with Crippen LogP contribution >= 0.6 is 11.6 Å². The number of carbonyl (C=O) groups is 3. The Labute approximate surface area is 168 Å². The van der Waals surface area contributed by atoms with E-state index in [1.165, 1.54) is 19.1 Å². The number of hydrogen-bond acceptors (Lipinski definition) is 5. The molecule has 8 heteroatoms. The summed E-state index contributed by atoms with van der Waals surface area (Å²) in [5.41, 5.74) is 0.706. The lowest BCUT2D eigenvalue weighted by molar-refractivity contribution is -0.157. The lowest BCUT2D eigenvalue weighted by Gasteiger charge is -2.24. The van der Waals surface area contributed by atoms with Crippen LogP contribution in [0.1, 0.15) is 44.6 Å². The molecule has 2 aliphatic rings. The predicted molar refractivity (Wildman–Crippen MR) is 102 cm³/mol. The summed E-state index contributed by atoms with van der Waals surface area (Å²) in [6, 6.07) is 6.67. The van der Waals surface area contributed by atoms with E-state index in [0.29, 0.717) is 17.8 Å². The van der Waals surface area contributed by atoms with Crippen LogP contribution in [0.2, 0.25) is 5.02 Å². The molecule has 2 amide bonds. The van der Waals surface area contributed by atoms with Crippen LogP contribution in [0, 0.1) is 17.2 Å². The third-order valence-electron chi connectivity index (χ3n) is 5.28. The summed E-state index contributed by atoms with van der Waals surface area (Å²) in [5, 5.41) is 11.7. The number of benzene rings is 1. The molecule has 1 aliphatic carbocycles. The smallest absolute Gasteiger partial charge is 0.312 e. The minimum atomic E-state index is -1.02. The van der Waals surface area contributed by atoms with E-state index in [1.54, 1.807) is 11.0 Å². The Balaban J connectivity index is 1.53. The Morgan fingerprint density at radius 1 is 1.36 bits per heavy atom. The number of nitrogens with one attached hydrogen (secondary N) is 1. The Morgan fingerprint density at radius 2 is 2.07 bits per heavy atom. The second-order valence-electron chi connectivity index (χ2n) is 7.26. The zero-order valence-corrected chi connectivity index (χ0v) is 16.4. The van der Waals surface area contributed by atoms with Crippen molar-refractivity contribution in [1.82, 2.24) is 4.90 Å². The topological polar surface area (TPSA) is 99.5 Å². The number of halogens is 1. The van der Waals surface area contributed by atoms with E-state index in [9.17, 15) is 14.4 Å². The van der Waals surface area contributed by atoms with Gasteiger partial charge in [-0.2, -0.15) is 5.26 Å². The van der Waals surface area contributed by atoms with Crippen LogP contribution in [0.15, 0.2) is 18.2 Å². The maximum absolute atomic E-state index is 12.4. The van der Waals surface area contributed by atoms with Crippen LogP contribution in [0.25, 0.3) is 0 Å². The molecule has 1 saturated carbocycles. The summed E-state index contributed by atoms with van der Waals surface area (Å²) in [5.74, 6) is -1.59. The van der Waals surface area contributed by atoms with Gasteiger partial charge < -0.3 is 15.0 Å². The average Bonchev–Trinajstić information content (AvgIpc) is 3.31. The number of ether oxygens (including phenoxy) is 1. The highest BCUT2D eigenvalue weighted by Gasteiger charge is 2.40. The molecule has 3 rings (SSSR count). The van der Waals surface area contributed by atoms with Crippen molar-refractivity contribution in [2.75, 3.05) is 11.9 Å². The Morgan fingerprint density at radius 3 is 2.71 bits per heavy atom. The Hall–Kier alpha value is -2.59. The van der Waals surface area contributed by atoms with Gasteiger partial charge in [0.2, 0.25) is 5.91 Å². The van der Waals surface area contributed by atoms with Crippen molar-refractivity contribution >= 4 is 35.1 Å². The second kappa shape index (κ2) is 8.61. The molecule has 1 N–H and O–H groups in total. The standard InChI is InChI=1S/C20H22ClN3O4/c1-12(19(26)23-15-7-6-13(10-22)17(21)9-15)28-20(27)14-8-18(25)24(11-14)16-4-2-3-5-16/h6-7,9,12,14,16H,2-5,8,11H2,1H3,(H,23,26)/t12-,14+/m1/s1. The van der Waals surface area contributed by atoms with Crippen LogP contribution in [-0.4, -0.2) is 41.4 Å². The van der Waals surface area contributed by atoms with E-state index < -0.39 is 23.9 Å². The quantitative estimate of drug-likeness (QED) is 0.762. The molecule has 7 nitrogen and oxygen atoms in total. The van der Waals surface area contributed by atoms with Crippen molar-refractivity contribution < 1.29 is 19.1 Å². The summed E-state index contributed by atoms with van der Waals surface area (Å²) >= 11 is 5.95. The van der Waals surface area contributed by atoms with Crippen LogP contribution in [0.3, 0.4) is 0 Å². The van der Waals surface area contributed by atoms with Crippen LogP contribution in [0.4, 0.5) is 5.69 Å². The van der Waals surface area contributed by atoms with Gasteiger partial charge >= 0.3 is 5.97 Å². The summed E-state index contributed by atoms with van der Waals surface area (Å²) in [4.78, 5) is 38.7. The van der Waals surface area contributed by atoms with Gasteiger partial charge in [0.05, 0.1) is 16.5 Å². The highest BCUT2D eigenvalue weighted by Crippen LogP contribution is 2.30. The maximum atomic E-state index is 12.4. The zero-order valence-electron chi connectivity index (χ0n) is 15.6. The van der Waals surface area contributed by atoms with E-state index in [2.05, 4.69) is 5.32 Å². The van der Waals surface area contributed by atoms with Gasteiger partial charge in [0, 0.05) is 24.7 Å². The maximum Gasteiger partial charge on any atom is 0.312 e. The van der Waals surface area contributed by atoms with Gasteiger partial charge in [-0.05, 0) is 38.0 Å². The number of esters is 1. The molecule has 1 aromatic carbocycles. The number of hydrogen-bond donors (Lipinski definition) is 1. The van der Waals surface area contributed by atoms with Gasteiger partial charge in [-0.1, -0.05) is 24.4 Å².